The van der Waals surface area contributed by atoms with Gasteiger partial charge in [0.15, 0.2) is 0 Å². The third-order valence-corrected chi connectivity index (χ3v) is 2.61. The quantitative estimate of drug-likeness (QED) is 0.625. The summed E-state index contributed by atoms with van der Waals surface area (Å²) in [5.41, 5.74) is 5.73. The van der Waals surface area contributed by atoms with Crippen molar-refractivity contribution in [3.05, 3.63) is 0 Å². The van der Waals surface area contributed by atoms with E-state index in [1.807, 2.05) is 0 Å². The van der Waals surface area contributed by atoms with E-state index in [1.165, 1.54) is 25.9 Å². The molecule has 1 atom stereocenters. The van der Waals surface area contributed by atoms with Gasteiger partial charge in [0.25, 0.3) is 0 Å². The van der Waals surface area contributed by atoms with Gasteiger partial charge in [-0.3, -0.25) is 0 Å². The number of ether oxygens (including phenoxy) is 1. The third kappa shape index (κ3) is 4.60. The number of rotatable bonds is 6. The average molecular weight is 186 g/mol. The number of nitrogens with two attached hydrogens (primary N) is 1. The first-order chi connectivity index (χ1) is 6.33. The van der Waals surface area contributed by atoms with Crippen molar-refractivity contribution >= 4 is 0 Å². The summed E-state index contributed by atoms with van der Waals surface area (Å²) in [6.07, 6.45) is 3.71. The normalized spacial score (nSPS) is 20.8. The minimum Gasteiger partial charge on any atom is -0.379 e. The van der Waals surface area contributed by atoms with Crippen molar-refractivity contribution in [2.75, 3.05) is 32.8 Å². The summed E-state index contributed by atoms with van der Waals surface area (Å²) in [7, 11) is 0. The van der Waals surface area contributed by atoms with E-state index < -0.39 is 0 Å². The van der Waals surface area contributed by atoms with Gasteiger partial charge in [-0.1, -0.05) is 6.92 Å². The van der Waals surface area contributed by atoms with Crippen LogP contribution in [0.4, 0.5) is 0 Å². The molecule has 3 heteroatoms. The highest BCUT2D eigenvalue weighted by atomic mass is 16.5. The van der Waals surface area contributed by atoms with E-state index in [1.54, 1.807) is 0 Å². The van der Waals surface area contributed by atoms with Gasteiger partial charge in [-0.15, -0.1) is 0 Å². The van der Waals surface area contributed by atoms with E-state index in [2.05, 4.69) is 11.8 Å². The Balaban J connectivity index is 1.88. The molecular weight excluding hydrogens is 164 g/mol. The van der Waals surface area contributed by atoms with Crippen LogP contribution in [-0.4, -0.2) is 43.8 Å². The lowest BCUT2D eigenvalue weighted by Crippen LogP contribution is -2.29. The highest BCUT2D eigenvalue weighted by molar-refractivity contribution is 4.65. The molecule has 1 heterocycles. The molecule has 1 aliphatic heterocycles. The van der Waals surface area contributed by atoms with Gasteiger partial charge in [-0.2, -0.15) is 0 Å². The first-order valence-electron chi connectivity index (χ1n) is 5.38. The first-order valence-corrected chi connectivity index (χ1v) is 5.38. The van der Waals surface area contributed by atoms with Crippen LogP contribution in [0.25, 0.3) is 0 Å². The Morgan fingerprint density at radius 1 is 1.38 bits per heavy atom. The standard InChI is InChI=1S/C10H22N2O/c1-2-10(11)9-13-8-7-12-5-3-4-6-12/h10H,2-9,11H2,1H3. The zero-order chi connectivity index (χ0) is 9.52. The van der Waals surface area contributed by atoms with Crippen molar-refractivity contribution in [3.63, 3.8) is 0 Å². The number of hydrogen-bond acceptors (Lipinski definition) is 3. The van der Waals surface area contributed by atoms with Crippen LogP contribution in [-0.2, 0) is 4.74 Å². The minimum absolute atomic E-state index is 0.221. The van der Waals surface area contributed by atoms with Gasteiger partial charge in [-0.25, -0.2) is 0 Å². The molecule has 0 radical (unpaired) electrons. The lowest BCUT2D eigenvalue weighted by Gasteiger charge is -2.15. The Bertz CT molecular complexity index is 124. The van der Waals surface area contributed by atoms with E-state index in [4.69, 9.17) is 10.5 Å². The molecule has 0 aromatic rings. The fourth-order valence-electron chi connectivity index (χ4n) is 1.55. The highest BCUT2D eigenvalue weighted by Crippen LogP contribution is 2.05. The van der Waals surface area contributed by atoms with Crippen LogP contribution < -0.4 is 5.73 Å². The van der Waals surface area contributed by atoms with Crippen LogP contribution in [0, 0.1) is 0 Å². The SMILES string of the molecule is CCC(N)COCCN1CCCC1. The van der Waals surface area contributed by atoms with Crippen molar-refractivity contribution in [1.29, 1.82) is 0 Å². The summed E-state index contributed by atoms with van der Waals surface area (Å²) in [4.78, 5) is 2.46. The third-order valence-electron chi connectivity index (χ3n) is 2.61. The highest BCUT2D eigenvalue weighted by Gasteiger charge is 2.10. The fraction of sp³-hybridized carbons (Fsp3) is 1.00. The molecule has 0 aliphatic carbocycles. The lowest BCUT2D eigenvalue weighted by molar-refractivity contribution is 0.0996. The second-order valence-corrected chi connectivity index (χ2v) is 3.79. The first kappa shape index (κ1) is 11.0. The van der Waals surface area contributed by atoms with Crippen molar-refractivity contribution in [2.45, 2.75) is 32.2 Å². The molecule has 1 fully saturated rings. The van der Waals surface area contributed by atoms with Crippen LogP contribution in [0.3, 0.4) is 0 Å². The number of likely N-dealkylation sites (tertiary alicyclic amines) is 1. The van der Waals surface area contributed by atoms with Gasteiger partial charge in [-0.05, 0) is 32.4 Å². The van der Waals surface area contributed by atoms with Crippen molar-refractivity contribution in [2.24, 2.45) is 5.73 Å². The summed E-state index contributed by atoms with van der Waals surface area (Å²) < 4.78 is 5.48. The number of hydrogen-bond donors (Lipinski definition) is 1. The van der Waals surface area contributed by atoms with Crippen LogP contribution >= 0.6 is 0 Å². The second-order valence-electron chi connectivity index (χ2n) is 3.79. The Labute approximate surface area is 81.2 Å². The Morgan fingerprint density at radius 3 is 2.69 bits per heavy atom. The van der Waals surface area contributed by atoms with E-state index in [9.17, 15) is 0 Å². The molecule has 1 rings (SSSR count). The van der Waals surface area contributed by atoms with E-state index in [-0.39, 0.29) is 6.04 Å². The topological polar surface area (TPSA) is 38.5 Å². The maximum atomic E-state index is 5.73. The summed E-state index contributed by atoms with van der Waals surface area (Å²) in [6, 6.07) is 0.221. The van der Waals surface area contributed by atoms with Crippen LogP contribution in [0.15, 0.2) is 0 Å². The molecule has 1 unspecified atom stereocenters. The fourth-order valence-corrected chi connectivity index (χ4v) is 1.55. The van der Waals surface area contributed by atoms with Crippen LogP contribution in [0.2, 0.25) is 0 Å². The molecule has 1 saturated heterocycles. The molecule has 2 N–H and O–H groups in total. The van der Waals surface area contributed by atoms with E-state index in [0.29, 0.717) is 6.61 Å². The van der Waals surface area contributed by atoms with Crippen molar-refractivity contribution < 1.29 is 4.74 Å². The van der Waals surface area contributed by atoms with Gasteiger partial charge in [0.05, 0.1) is 13.2 Å². The molecule has 13 heavy (non-hydrogen) atoms. The van der Waals surface area contributed by atoms with Crippen LogP contribution in [0.5, 0.6) is 0 Å². The Hall–Kier alpha value is -0.120. The lowest BCUT2D eigenvalue weighted by atomic mass is 10.3. The Morgan fingerprint density at radius 2 is 2.08 bits per heavy atom. The minimum atomic E-state index is 0.221. The molecule has 0 saturated carbocycles. The maximum absolute atomic E-state index is 5.73. The largest absolute Gasteiger partial charge is 0.379 e. The molecule has 78 valence electrons. The zero-order valence-corrected chi connectivity index (χ0v) is 8.67. The van der Waals surface area contributed by atoms with E-state index in [0.717, 1.165) is 19.6 Å². The average Bonchev–Trinajstić information content (AvgIpc) is 2.64. The second kappa shape index (κ2) is 6.35. The van der Waals surface area contributed by atoms with Crippen molar-refractivity contribution in [3.8, 4) is 0 Å². The van der Waals surface area contributed by atoms with Crippen LogP contribution in [0.1, 0.15) is 26.2 Å². The predicted molar refractivity (Wildman–Crippen MR) is 54.8 cm³/mol. The van der Waals surface area contributed by atoms with Gasteiger partial charge in [0, 0.05) is 12.6 Å². The molecule has 0 bridgehead atoms. The molecule has 3 nitrogen and oxygen atoms in total. The van der Waals surface area contributed by atoms with Crippen molar-refractivity contribution in [1.82, 2.24) is 4.90 Å². The predicted octanol–water partition coefficient (Wildman–Crippen LogP) is 0.836. The van der Waals surface area contributed by atoms with Gasteiger partial charge < -0.3 is 15.4 Å². The maximum Gasteiger partial charge on any atom is 0.0618 e. The molecule has 0 spiro atoms. The monoisotopic (exact) mass is 186 g/mol. The molecule has 0 aromatic carbocycles. The molecule has 0 aromatic heterocycles. The van der Waals surface area contributed by atoms with E-state index >= 15 is 0 Å². The molecular formula is C10H22N2O. The molecule has 1 aliphatic rings. The summed E-state index contributed by atoms with van der Waals surface area (Å²) in [5, 5.41) is 0. The van der Waals surface area contributed by atoms with Gasteiger partial charge in [0.1, 0.15) is 0 Å². The molecule has 0 amide bonds. The summed E-state index contributed by atoms with van der Waals surface area (Å²) >= 11 is 0. The summed E-state index contributed by atoms with van der Waals surface area (Å²) in [5.74, 6) is 0. The number of nitrogens with zero attached hydrogens (tertiary/aromatic N) is 1. The smallest absolute Gasteiger partial charge is 0.0618 e. The summed E-state index contributed by atoms with van der Waals surface area (Å²) in [6.45, 7) is 7.23. The Kier molecular flexibility index (Phi) is 5.35. The zero-order valence-electron chi connectivity index (χ0n) is 8.67. The van der Waals surface area contributed by atoms with Gasteiger partial charge in [0.2, 0.25) is 0 Å². The van der Waals surface area contributed by atoms with Gasteiger partial charge >= 0.3 is 0 Å².